The van der Waals surface area contributed by atoms with Crippen LogP contribution < -0.4 is 31.9 Å². The Hall–Kier alpha value is -9.39. The maximum Gasteiger partial charge on any atom is 0.407 e. The second-order valence-corrected chi connectivity index (χ2v) is 28.2. The van der Waals surface area contributed by atoms with Gasteiger partial charge in [0.15, 0.2) is 0 Å². The zero-order chi connectivity index (χ0) is 77.1. The quantitative estimate of drug-likeness (QED) is 0.0134. The van der Waals surface area contributed by atoms with Gasteiger partial charge >= 0.3 is 24.2 Å². The van der Waals surface area contributed by atoms with Gasteiger partial charge in [-0.25, -0.2) is 14.4 Å². The zero-order valence-corrected chi connectivity index (χ0v) is 63.7. The van der Waals surface area contributed by atoms with Gasteiger partial charge in [0.1, 0.15) is 25.4 Å². The fourth-order valence-electron chi connectivity index (χ4n) is 13.9. The van der Waals surface area contributed by atoms with E-state index in [2.05, 4.69) is 105 Å². The Labute approximate surface area is 644 Å². The van der Waals surface area contributed by atoms with Gasteiger partial charge in [0.2, 0.25) is 17.7 Å². The smallest absolute Gasteiger partial charge is 0.407 e. The van der Waals surface area contributed by atoms with Gasteiger partial charge in [0, 0.05) is 109 Å². The topological polar surface area (TPSA) is 297 Å². The van der Waals surface area contributed by atoms with E-state index in [0.29, 0.717) is 52.4 Å². The third-order valence-corrected chi connectivity index (χ3v) is 19.2. The molecule has 6 aromatic carbocycles. The largest absolute Gasteiger partial charge is 0.459 e. The van der Waals surface area contributed by atoms with Crippen LogP contribution >= 0.6 is 0 Å². The molecule has 6 N–H and O–H groups in total. The molecule has 27 nitrogen and oxygen atoms in total. The van der Waals surface area contributed by atoms with Crippen LogP contribution in [0, 0.1) is 0 Å². The summed E-state index contributed by atoms with van der Waals surface area (Å²) in [5.74, 6) is -1.23. The van der Waals surface area contributed by atoms with Crippen LogP contribution in [0.1, 0.15) is 71.9 Å². The number of fused-ring (bicyclic) bond motifs is 9. The van der Waals surface area contributed by atoms with E-state index in [0.717, 1.165) is 66.8 Å². The summed E-state index contributed by atoms with van der Waals surface area (Å²) in [6.07, 6.45) is -1.56. The SMILES string of the molecule is CC(C)(C)OC(=O)CN1CCN(CC(=O)NCCOCCOCCNC(=O)OCC2c3ccccc3-c3ccccc32)CCN(CC(=O)NCCOCCOCCNC(=O)OCC2c3ccccc3-c3ccccc32)CCN(CC(=O)NCCOCCOCCNC(=O)OCC2c3ccccc3-c3ccccc32)CC1. The molecule has 0 aromatic heterocycles. The highest BCUT2D eigenvalue weighted by molar-refractivity contribution is 5.82. The molecule has 0 radical (unpaired) electrons. The Bertz CT molecular complexity index is 3640. The number of ether oxygens (including phenoxy) is 10. The van der Waals surface area contributed by atoms with E-state index >= 15 is 0 Å². The Balaban J connectivity index is 0.629. The molecule has 0 bridgehead atoms. The minimum atomic E-state index is -0.721. The third kappa shape index (κ3) is 26.7. The summed E-state index contributed by atoms with van der Waals surface area (Å²) < 4.78 is 57.0. The zero-order valence-electron chi connectivity index (χ0n) is 63.7. The standard InChI is InChI=1S/C83H108N10O17/c1-83(2,3)110-79(97)57-93-40-38-91(55-77(95)85-29-43-102-49-52-105-46-32-88-81(99)108-59-74-69-24-12-6-18-63(69)64-19-7-13-25-70(64)74)36-34-90(54-76(94)84-28-42-101-48-51-104-45-31-87-80(98)107-58-73-67-22-10-4-16-61(67)62-17-5-11-23-68(62)73)35-37-92(39-41-93)56-78(96)86-30-44-103-50-53-106-47-33-89-82(100)109-60-75-71-26-14-8-20-65(71)66-21-9-15-27-72(66)75/h4-27,73-75H,28-60H2,1-3H3,(H,84,94)(H,85,95)(H,86,96)(H,87,98)(H,88,99)(H,89,100). The molecule has 110 heavy (non-hydrogen) atoms. The van der Waals surface area contributed by atoms with Crippen LogP contribution in [0.4, 0.5) is 14.4 Å². The molecule has 6 amide bonds. The fourth-order valence-corrected chi connectivity index (χ4v) is 13.9. The van der Waals surface area contributed by atoms with E-state index in [4.69, 9.17) is 47.4 Å². The lowest BCUT2D eigenvalue weighted by Crippen LogP contribution is -2.51. The van der Waals surface area contributed by atoms with E-state index in [1.54, 1.807) is 0 Å². The molecule has 1 saturated heterocycles. The molecular formula is C83H108N10O17. The van der Waals surface area contributed by atoms with Crippen molar-refractivity contribution in [3.63, 3.8) is 0 Å². The molecule has 6 aromatic rings. The number of hydrogen-bond donors (Lipinski definition) is 6. The Morgan fingerprint density at radius 3 is 0.736 bits per heavy atom. The third-order valence-electron chi connectivity index (χ3n) is 19.2. The maximum absolute atomic E-state index is 13.7. The lowest BCUT2D eigenvalue weighted by Gasteiger charge is -2.34. The molecule has 1 aliphatic heterocycles. The molecule has 1 fully saturated rings. The van der Waals surface area contributed by atoms with Crippen LogP contribution in [0.15, 0.2) is 146 Å². The first-order valence-corrected chi connectivity index (χ1v) is 38.3. The number of carbonyl (C=O) groups excluding carboxylic acids is 7. The normalized spacial score (nSPS) is 14.8. The number of benzene rings is 6. The summed E-state index contributed by atoms with van der Waals surface area (Å²) in [5, 5.41) is 17.1. The van der Waals surface area contributed by atoms with E-state index < -0.39 is 29.9 Å². The van der Waals surface area contributed by atoms with Crippen LogP contribution in [-0.4, -0.2) is 284 Å². The highest BCUT2D eigenvalue weighted by Crippen LogP contribution is 2.47. The summed E-state index contributed by atoms with van der Waals surface area (Å²) in [6, 6.07) is 49.0. The Kier molecular flexibility index (Phi) is 33.6. The Morgan fingerprint density at radius 2 is 0.509 bits per heavy atom. The Morgan fingerprint density at radius 1 is 0.300 bits per heavy atom. The summed E-state index contributed by atoms with van der Waals surface area (Å²) in [6.45, 7) is 13.8. The van der Waals surface area contributed by atoms with Crippen LogP contribution in [0.2, 0.25) is 0 Å². The highest BCUT2D eigenvalue weighted by atomic mass is 16.6. The van der Waals surface area contributed by atoms with Gasteiger partial charge in [0.25, 0.3) is 0 Å². The van der Waals surface area contributed by atoms with Crippen molar-refractivity contribution in [1.29, 1.82) is 0 Å². The summed E-state index contributed by atoms with van der Waals surface area (Å²) in [7, 11) is 0. The molecule has 0 saturated carbocycles. The van der Waals surface area contributed by atoms with Gasteiger partial charge < -0.3 is 79.3 Å². The summed E-state index contributed by atoms with van der Waals surface area (Å²) in [5.41, 5.74) is 13.0. The average molecular weight is 1520 g/mol. The van der Waals surface area contributed by atoms with Crippen molar-refractivity contribution >= 4 is 42.0 Å². The maximum atomic E-state index is 13.7. The number of nitrogens with one attached hydrogen (secondary N) is 6. The number of esters is 1. The first kappa shape index (κ1) is 83.1. The van der Waals surface area contributed by atoms with Crippen molar-refractivity contribution in [2.45, 2.75) is 44.1 Å². The van der Waals surface area contributed by atoms with Gasteiger partial charge in [-0.15, -0.1) is 0 Å². The number of alkyl carbamates (subject to hydrolysis) is 3. The first-order valence-electron chi connectivity index (χ1n) is 38.3. The number of rotatable bonds is 41. The van der Waals surface area contributed by atoms with Crippen molar-refractivity contribution in [2.24, 2.45) is 0 Å². The summed E-state index contributed by atoms with van der Waals surface area (Å²) in [4.78, 5) is 100. The van der Waals surface area contributed by atoms with Crippen molar-refractivity contribution in [3.05, 3.63) is 179 Å². The van der Waals surface area contributed by atoms with Gasteiger partial charge in [-0.1, -0.05) is 146 Å². The van der Waals surface area contributed by atoms with Gasteiger partial charge in [0.05, 0.1) is 105 Å². The van der Waals surface area contributed by atoms with Gasteiger partial charge in [-0.05, 0) is 87.5 Å². The first-order chi connectivity index (χ1) is 53.6. The van der Waals surface area contributed by atoms with Crippen molar-refractivity contribution < 1.29 is 80.9 Å². The molecular weight excluding hydrogens is 1410 g/mol. The molecule has 10 rings (SSSR count). The number of carbonyl (C=O) groups is 7. The minimum Gasteiger partial charge on any atom is -0.459 e. The molecule has 0 atom stereocenters. The van der Waals surface area contributed by atoms with Gasteiger partial charge in [-0.3, -0.25) is 38.8 Å². The van der Waals surface area contributed by atoms with Crippen molar-refractivity contribution in [3.8, 4) is 33.4 Å². The predicted octanol–water partition coefficient (Wildman–Crippen LogP) is 6.61. The van der Waals surface area contributed by atoms with Crippen molar-refractivity contribution in [1.82, 2.24) is 51.5 Å². The molecule has 1 heterocycles. The number of hydrogen-bond acceptors (Lipinski definition) is 21. The summed E-state index contributed by atoms with van der Waals surface area (Å²) >= 11 is 0. The molecule has 4 aliphatic rings. The minimum absolute atomic E-state index is 0.0180. The number of nitrogens with zero attached hydrogens (tertiary/aromatic N) is 4. The average Bonchev–Trinajstić information content (AvgIpc) is 1.63. The van der Waals surface area contributed by atoms with Gasteiger partial charge in [-0.2, -0.15) is 0 Å². The molecule has 592 valence electrons. The van der Waals surface area contributed by atoms with Crippen LogP contribution in [0.25, 0.3) is 33.4 Å². The number of amides is 6. The second kappa shape index (κ2) is 44.5. The molecule has 27 heteroatoms. The fraction of sp³-hybridized carbons (Fsp3) is 0.482. The van der Waals surface area contributed by atoms with E-state index in [1.165, 1.54) is 0 Å². The lowest BCUT2D eigenvalue weighted by atomic mass is 9.98. The van der Waals surface area contributed by atoms with Crippen molar-refractivity contribution in [2.75, 3.05) is 217 Å². The monoisotopic (exact) mass is 1520 g/mol. The van der Waals surface area contributed by atoms with Crippen LogP contribution in [0.3, 0.4) is 0 Å². The van der Waals surface area contributed by atoms with Crippen LogP contribution in [0.5, 0.6) is 0 Å². The van der Waals surface area contributed by atoms with Crippen LogP contribution in [-0.2, 0) is 66.5 Å². The van der Waals surface area contributed by atoms with E-state index in [1.807, 2.05) is 113 Å². The highest BCUT2D eigenvalue weighted by Gasteiger charge is 2.33. The predicted molar refractivity (Wildman–Crippen MR) is 415 cm³/mol. The van der Waals surface area contributed by atoms with E-state index in [-0.39, 0.29) is 200 Å². The second-order valence-electron chi connectivity index (χ2n) is 28.2. The lowest BCUT2D eigenvalue weighted by molar-refractivity contribution is -0.156. The molecule has 0 spiro atoms. The molecule has 0 unspecified atom stereocenters. The molecule has 3 aliphatic carbocycles. The van der Waals surface area contributed by atoms with E-state index in [9.17, 15) is 33.6 Å².